The predicted octanol–water partition coefficient (Wildman–Crippen LogP) is -1.30. The summed E-state index contributed by atoms with van der Waals surface area (Å²) in [4.78, 5) is 13.0. The summed E-state index contributed by atoms with van der Waals surface area (Å²) in [6.07, 6.45) is 4.49. The van der Waals surface area contributed by atoms with Crippen LogP contribution in [0.15, 0.2) is 22.0 Å². The van der Waals surface area contributed by atoms with Crippen molar-refractivity contribution in [2.24, 2.45) is 15.8 Å². The van der Waals surface area contributed by atoms with Gasteiger partial charge in [0.1, 0.15) is 12.8 Å². The SMILES string of the molecule is N[N+]12C=NC=C1N=CN2OCCO. The van der Waals surface area contributed by atoms with E-state index in [-0.39, 0.29) is 17.9 Å². The molecule has 7 heteroatoms. The lowest BCUT2D eigenvalue weighted by Gasteiger charge is -2.25. The third-order valence-corrected chi connectivity index (χ3v) is 1.73. The van der Waals surface area contributed by atoms with Crippen LogP contribution in [0.1, 0.15) is 0 Å². The third kappa shape index (κ3) is 1.14. The first-order chi connectivity index (χ1) is 6.27. The molecule has 0 saturated carbocycles. The highest BCUT2D eigenvalue weighted by molar-refractivity contribution is 5.63. The van der Waals surface area contributed by atoms with Gasteiger partial charge in [-0.3, -0.25) is 0 Å². The number of rotatable bonds is 3. The monoisotopic (exact) mass is 184 g/mol. The Labute approximate surface area is 74.5 Å². The van der Waals surface area contributed by atoms with E-state index >= 15 is 0 Å². The van der Waals surface area contributed by atoms with Gasteiger partial charge < -0.3 is 5.11 Å². The van der Waals surface area contributed by atoms with Gasteiger partial charge in [0, 0.05) is 0 Å². The number of aliphatic hydroxyl groups excluding tert-OH is 1. The molecule has 13 heavy (non-hydrogen) atoms. The number of hydrogen-bond donors (Lipinski definition) is 2. The largest absolute Gasteiger partial charge is 0.394 e. The van der Waals surface area contributed by atoms with Crippen molar-refractivity contribution in [2.45, 2.75) is 0 Å². The highest BCUT2D eigenvalue weighted by Gasteiger charge is 2.44. The molecule has 3 N–H and O–H groups in total. The van der Waals surface area contributed by atoms with Gasteiger partial charge in [-0.25, -0.2) is 4.84 Å². The molecule has 0 saturated heterocycles. The van der Waals surface area contributed by atoms with Crippen LogP contribution in [0.3, 0.4) is 0 Å². The van der Waals surface area contributed by atoms with Crippen molar-refractivity contribution in [3.63, 3.8) is 0 Å². The van der Waals surface area contributed by atoms with Gasteiger partial charge in [0.25, 0.3) is 0 Å². The predicted molar refractivity (Wildman–Crippen MR) is 44.4 cm³/mol. The molecule has 0 spiro atoms. The molecule has 0 aliphatic carbocycles. The van der Waals surface area contributed by atoms with Gasteiger partial charge in [-0.1, -0.05) is 0 Å². The van der Waals surface area contributed by atoms with Crippen molar-refractivity contribution in [3.8, 4) is 0 Å². The van der Waals surface area contributed by atoms with Gasteiger partial charge in [-0.05, 0) is 9.87 Å². The molecule has 2 aliphatic heterocycles. The Hall–Kier alpha value is -1.28. The van der Waals surface area contributed by atoms with Crippen molar-refractivity contribution in [2.75, 3.05) is 13.2 Å². The van der Waals surface area contributed by atoms with Crippen molar-refractivity contribution in [1.82, 2.24) is 5.17 Å². The van der Waals surface area contributed by atoms with Gasteiger partial charge in [-0.15, -0.1) is 5.84 Å². The smallest absolute Gasteiger partial charge is 0.301 e. The van der Waals surface area contributed by atoms with E-state index < -0.39 is 0 Å². The zero-order valence-electron chi connectivity index (χ0n) is 6.87. The highest BCUT2D eigenvalue weighted by atomic mass is 16.7. The Bertz CT molecular complexity index is 299. The van der Waals surface area contributed by atoms with E-state index in [0.717, 1.165) is 0 Å². The Kier molecular flexibility index (Phi) is 1.85. The maximum Gasteiger partial charge on any atom is 0.301 e. The van der Waals surface area contributed by atoms with E-state index in [1.165, 1.54) is 17.8 Å². The summed E-state index contributed by atoms with van der Waals surface area (Å²) in [5.74, 6) is 6.45. The van der Waals surface area contributed by atoms with E-state index in [1.54, 1.807) is 6.20 Å². The Morgan fingerprint density at radius 2 is 2.54 bits per heavy atom. The Morgan fingerprint density at radius 3 is 3.31 bits per heavy atom. The van der Waals surface area contributed by atoms with Crippen LogP contribution in [0, 0.1) is 0 Å². The summed E-state index contributed by atoms with van der Waals surface area (Å²) in [6, 6.07) is 0. The molecule has 70 valence electrons. The molecule has 0 aromatic heterocycles. The standard InChI is InChI=1S/C6H10N5O2/c7-11-5-8-3-6(11)9-4-10(11)13-2-1-12/h3-5,12H,1-2,7H2/q+1. The molecular formula is C6H10N5O2+. The molecule has 2 rings (SSSR count). The number of nitrogens with two attached hydrogens (primary N) is 1. The summed E-state index contributed by atoms with van der Waals surface area (Å²) in [6.45, 7) is 0.102. The van der Waals surface area contributed by atoms with Gasteiger partial charge in [-0.2, -0.15) is 9.98 Å². The normalized spacial score (nSPS) is 29.7. The summed E-state index contributed by atoms with van der Waals surface area (Å²) < 4.78 is -0.208. The average Bonchev–Trinajstić information content (AvgIpc) is 2.59. The summed E-state index contributed by atoms with van der Waals surface area (Å²) >= 11 is 0. The molecule has 1 unspecified atom stereocenters. The molecular weight excluding hydrogens is 174 g/mol. The van der Waals surface area contributed by atoms with Crippen LogP contribution in [0.5, 0.6) is 0 Å². The van der Waals surface area contributed by atoms with Crippen molar-refractivity contribution in [3.05, 3.63) is 12.0 Å². The van der Waals surface area contributed by atoms with E-state index in [4.69, 9.17) is 15.8 Å². The third-order valence-electron chi connectivity index (χ3n) is 1.73. The van der Waals surface area contributed by atoms with E-state index in [2.05, 4.69) is 9.98 Å². The molecule has 2 aliphatic rings. The topological polar surface area (TPSA) is 83.4 Å². The number of aliphatic imine (C=N–C) groups is 2. The minimum Gasteiger partial charge on any atom is -0.394 e. The minimum atomic E-state index is -0.208. The fourth-order valence-corrected chi connectivity index (χ4v) is 1.09. The molecule has 7 nitrogen and oxygen atoms in total. The van der Waals surface area contributed by atoms with Gasteiger partial charge >= 0.3 is 5.82 Å². The second-order valence-corrected chi connectivity index (χ2v) is 2.59. The number of fused-ring (bicyclic) bond motifs is 1. The molecule has 0 bridgehead atoms. The van der Waals surface area contributed by atoms with Crippen LogP contribution in [-0.4, -0.2) is 40.9 Å². The van der Waals surface area contributed by atoms with Crippen LogP contribution < -0.4 is 5.84 Å². The highest BCUT2D eigenvalue weighted by Crippen LogP contribution is 2.23. The van der Waals surface area contributed by atoms with Crippen LogP contribution in [0.2, 0.25) is 0 Å². The molecule has 2 heterocycles. The fourth-order valence-electron chi connectivity index (χ4n) is 1.09. The molecule has 0 radical (unpaired) electrons. The first-order valence-corrected chi connectivity index (χ1v) is 3.77. The lowest BCUT2D eigenvalue weighted by molar-refractivity contribution is -0.948. The Balaban J connectivity index is 2.10. The molecule has 0 aromatic rings. The number of aliphatic hydroxyl groups is 1. The van der Waals surface area contributed by atoms with Crippen molar-refractivity contribution < 1.29 is 14.6 Å². The molecule has 0 fully saturated rings. The zero-order valence-corrected chi connectivity index (χ0v) is 6.87. The number of quaternary nitrogens is 1. The minimum absolute atomic E-state index is 0.0689. The zero-order chi connectivity index (χ0) is 9.31. The van der Waals surface area contributed by atoms with E-state index in [1.807, 2.05) is 0 Å². The number of nitrogens with zero attached hydrogens (tertiary/aromatic N) is 4. The lowest BCUT2D eigenvalue weighted by Crippen LogP contribution is -2.58. The first-order valence-electron chi connectivity index (χ1n) is 3.77. The lowest BCUT2D eigenvalue weighted by atomic mass is 10.7. The second kappa shape index (κ2) is 2.89. The van der Waals surface area contributed by atoms with Crippen LogP contribution >= 0.6 is 0 Å². The van der Waals surface area contributed by atoms with Crippen molar-refractivity contribution >= 4 is 12.7 Å². The quantitative estimate of drug-likeness (QED) is 0.422. The van der Waals surface area contributed by atoms with E-state index in [0.29, 0.717) is 5.82 Å². The summed E-state index contributed by atoms with van der Waals surface area (Å²) in [5, 5.41) is 9.88. The summed E-state index contributed by atoms with van der Waals surface area (Å²) in [5.41, 5.74) is 0. The number of hydrogen-bond acceptors (Lipinski definition) is 6. The van der Waals surface area contributed by atoms with Gasteiger partial charge in [0.05, 0.1) is 6.61 Å². The molecule has 0 amide bonds. The Morgan fingerprint density at radius 1 is 1.69 bits per heavy atom. The fraction of sp³-hybridized carbons (Fsp3) is 0.333. The van der Waals surface area contributed by atoms with Crippen LogP contribution in [0.25, 0.3) is 0 Å². The summed E-state index contributed by atoms with van der Waals surface area (Å²) in [7, 11) is 0. The van der Waals surface area contributed by atoms with Crippen LogP contribution in [0.4, 0.5) is 0 Å². The number of hydroxylamine groups is 1. The maximum atomic E-state index is 8.56. The maximum absolute atomic E-state index is 8.56. The average molecular weight is 184 g/mol. The van der Waals surface area contributed by atoms with Crippen LogP contribution in [-0.2, 0) is 4.84 Å². The molecule has 1 atom stereocenters. The van der Waals surface area contributed by atoms with Gasteiger partial charge in [0.2, 0.25) is 6.34 Å². The van der Waals surface area contributed by atoms with Crippen molar-refractivity contribution in [1.29, 1.82) is 0 Å². The van der Waals surface area contributed by atoms with Gasteiger partial charge in [0.15, 0.2) is 6.34 Å². The second-order valence-electron chi connectivity index (χ2n) is 2.59. The van der Waals surface area contributed by atoms with E-state index in [9.17, 15) is 0 Å². The first kappa shape index (κ1) is 8.32. The molecule has 0 aromatic carbocycles.